The molecule has 2 aromatic carbocycles. The van der Waals surface area contributed by atoms with Crippen LogP contribution in [-0.2, 0) is 7.05 Å². The SMILES string of the molecule is Cn1c(=O)cc(-c2cccc(Cl)c2)c2cc(C(F)c3ccc(Cl)cc3)ncc21. The standard InChI is InChI=1S/C22H15Cl2FN2O/c1-27-20-12-26-19(22(25)13-5-7-15(23)8-6-13)10-18(20)17(11-21(27)28)14-3-2-4-16(24)9-14/h2-12,22H,1H3. The lowest BCUT2D eigenvalue weighted by Crippen LogP contribution is -2.17. The second-order valence-electron chi connectivity index (χ2n) is 6.51. The summed E-state index contributed by atoms with van der Waals surface area (Å²) in [6.45, 7) is 0. The minimum absolute atomic E-state index is 0.175. The van der Waals surface area contributed by atoms with Gasteiger partial charge in [-0.3, -0.25) is 9.78 Å². The van der Waals surface area contributed by atoms with Crippen LogP contribution in [-0.4, -0.2) is 9.55 Å². The van der Waals surface area contributed by atoms with Crippen molar-refractivity contribution in [3.05, 3.63) is 98.5 Å². The molecule has 0 bridgehead atoms. The lowest BCUT2D eigenvalue weighted by Gasteiger charge is -2.14. The van der Waals surface area contributed by atoms with Crippen LogP contribution in [0.1, 0.15) is 17.4 Å². The fraction of sp³-hybridized carbons (Fsp3) is 0.0909. The third kappa shape index (κ3) is 3.41. The van der Waals surface area contributed by atoms with Crippen molar-refractivity contribution in [3.8, 4) is 11.1 Å². The van der Waals surface area contributed by atoms with Gasteiger partial charge >= 0.3 is 0 Å². The lowest BCUT2D eigenvalue weighted by atomic mass is 9.99. The molecule has 0 N–H and O–H groups in total. The quantitative estimate of drug-likeness (QED) is 0.415. The highest BCUT2D eigenvalue weighted by atomic mass is 35.5. The first-order valence-electron chi connectivity index (χ1n) is 8.59. The molecule has 0 aliphatic rings. The number of fused-ring (bicyclic) bond motifs is 1. The molecule has 0 fully saturated rings. The zero-order chi connectivity index (χ0) is 19.8. The second kappa shape index (κ2) is 7.38. The van der Waals surface area contributed by atoms with Crippen molar-refractivity contribution in [1.29, 1.82) is 0 Å². The van der Waals surface area contributed by atoms with E-state index in [1.807, 2.05) is 12.1 Å². The Balaban J connectivity index is 1.92. The molecule has 0 aliphatic heterocycles. The van der Waals surface area contributed by atoms with Gasteiger partial charge in [0.2, 0.25) is 0 Å². The van der Waals surface area contributed by atoms with Crippen LogP contribution in [0.3, 0.4) is 0 Å². The molecular weight excluding hydrogens is 398 g/mol. The summed E-state index contributed by atoms with van der Waals surface area (Å²) in [4.78, 5) is 16.7. The van der Waals surface area contributed by atoms with Crippen molar-refractivity contribution < 1.29 is 4.39 Å². The van der Waals surface area contributed by atoms with Crippen molar-refractivity contribution in [2.24, 2.45) is 7.05 Å². The summed E-state index contributed by atoms with van der Waals surface area (Å²) in [5.41, 5.74) is 2.64. The molecule has 0 amide bonds. The van der Waals surface area contributed by atoms with E-state index in [1.165, 1.54) is 16.8 Å². The van der Waals surface area contributed by atoms with E-state index in [2.05, 4.69) is 4.98 Å². The molecule has 4 aromatic rings. The predicted octanol–water partition coefficient (Wildman–Crippen LogP) is 5.97. The molecule has 4 rings (SSSR count). The molecular formula is C22H15Cl2FN2O. The van der Waals surface area contributed by atoms with E-state index in [1.54, 1.807) is 49.5 Å². The molecule has 0 radical (unpaired) electrons. The highest BCUT2D eigenvalue weighted by molar-refractivity contribution is 6.31. The largest absolute Gasteiger partial charge is 0.310 e. The number of alkyl halides is 1. The number of rotatable bonds is 3. The smallest absolute Gasteiger partial charge is 0.251 e. The Morgan fingerprint density at radius 3 is 2.46 bits per heavy atom. The Labute approximate surface area is 171 Å². The number of pyridine rings is 2. The van der Waals surface area contributed by atoms with Gasteiger partial charge in [0.1, 0.15) is 0 Å². The highest BCUT2D eigenvalue weighted by Crippen LogP contribution is 2.32. The van der Waals surface area contributed by atoms with Crippen LogP contribution in [0.25, 0.3) is 22.0 Å². The average Bonchev–Trinajstić information content (AvgIpc) is 2.70. The van der Waals surface area contributed by atoms with Crippen molar-refractivity contribution in [3.63, 3.8) is 0 Å². The Morgan fingerprint density at radius 1 is 1.00 bits per heavy atom. The monoisotopic (exact) mass is 412 g/mol. The summed E-state index contributed by atoms with van der Waals surface area (Å²) in [6.07, 6.45) is 0.119. The van der Waals surface area contributed by atoms with Crippen LogP contribution in [0, 0.1) is 0 Å². The second-order valence-corrected chi connectivity index (χ2v) is 7.38. The van der Waals surface area contributed by atoms with E-state index >= 15 is 4.39 Å². The summed E-state index contributed by atoms with van der Waals surface area (Å²) >= 11 is 12.0. The van der Waals surface area contributed by atoms with E-state index in [9.17, 15) is 4.79 Å². The van der Waals surface area contributed by atoms with Crippen molar-refractivity contribution in [2.45, 2.75) is 6.17 Å². The maximum absolute atomic E-state index is 15.1. The van der Waals surface area contributed by atoms with E-state index in [0.717, 1.165) is 10.9 Å². The Bertz CT molecular complexity index is 1240. The van der Waals surface area contributed by atoms with Gasteiger partial charge in [0, 0.05) is 28.5 Å². The van der Waals surface area contributed by atoms with E-state index in [4.69, 9.17) is 23.2 Å². The number of benzene rings is 2. The molecule has 6 heteroatoms. The van der Waals surface area contributed by atoms with E-state index < -0.39 is 6.17 Å². The predicted molar refractivity (Wildman–Crippen MR) is 112 cm³/mol. The molecule has 0 aliphatic carbocycles. The Kier molecular flexibility index (Phi) is 4.92. The summed E-state index contributed by atoms with van der Waals surface area (Å²) in [5, 5.41) is 1.83. The van der Waals surface area contributed by atoms with E-state index in [-0.39, 0.29) is 11.3 Å². The minimum atomic E-state index is -1.41. The Morgan fingerprint density at radius 2 is 1.75 bits per heavy atom. The van der Waals surface area contributed by atoms with Gasteiger partial charge in [-0.15, -0.1) is 0 Å². The van der Waals surface area contributed by atoms with Crippen LogP contribution >= 0.6 is 23.2 Å². The van der Waals surface area contributed by atoms with Gasteiger partial charge in [-0.2, -0.15) is 0 Å². The molecule has 1 atom stereocenters. The van der Waals surface area contributed by atoms with Crippen molar-refractivity contribution in [1.82, 2.24) is 9.55 Å². The average molecular weight is 413 g/mol. The van der Waals surface area contributed by atoms with Crippen molar-refractivity contribution >= 4 is 34.1 Å². The van der Waals surface area contributed by atoms with Crippen LogP contribution in [0.2, 0.25) is 10.0 Å². The fourth-order valence-electron chi connectivity index (χ4n) is 3.20. The molecule has 1 unspecified atom stereocenters. The van der Waals surface area contributed by atoms with Gasteiger partial charge in [0.15, 0.2) is 6.17 Å². The first-order chi connectivity index (χ1) is 13.4. The van der Waals surface area contributed by atoms with Gasteiger partial charge in [0.05, 0.1) is 17.4 Å². The third-order valence-corrected chi connectivity index (χ3v) is 5.20. The van der Waals surface area contributed by atoms with Crippen LogP contribution in [0.5, 0.6) is 0 Å². The molecule has 3 nitrogen and oxygen atoms in total. The normalized spacial score (nSPS) is 12.3. The number of aromatic nitrogens is 2. The summed E-state index contributed by atoms with van der Waals surface area (Å²) < 4.78 is 16.6. The molecule has 2 aromatic heterocycles. The third-order valence-electron chi connectivity index (χ3n) is 4.71. The van der Waals surface area contributed by atoms with Gasteiger partial charge in [-0.25, -0.2) is 4.39 Å². The Hall–Kier alpha value is -2.69. The minimum Gasteiger partial charge on any atom is -0.310 e. The molecule has 28 heavy (non-hydrogen) atoms. The maximum atomic E-state index is 15.1. The molecule has 0 spiro atoms. The maximum Gasteiger partial charge on any atom is 0.251 e. The first kappa shape index (κ1) is 18.7. The van der Waals surface area contributed by atoms with Crippen LogP contribution in [0.4, 0.5) is 4.39 Å². The zero-order valence-corrected chi connectivity index (χ0v) is 16.4. The number of nitrogens with zero attached hydrogens (tertiary/aromatic N) is 2. The first-order valence-corrected chi connectivity index (χ1v) is 9.35. The van der Waals surface area contributed by atoms with Gasteiger partial charge in [-0.05, 0) is 47.0 Å². The topological polar surface area (TPSA) is 34.9 Å². The number of hydrogen-bond donors (Lipinski definition) is 0. The fourth-order valence-corrected chi connectivity index (χ4v) is 3.52. The summed E-state index contributed by atoms with van der Waals surface area (Å²) in [5.74, 6) is 0. The lowest BCUT2D eigenvalue weighted by molar-refractivity contribution is 0.394. The number of aryl methyl sites for hydroxylation is 1. The molecule has 140 valence electrons. The van der Waals surface area contributed by atoms with Gasteiger partial charge in [-0.1, -0.05) is 47.5 Å². The molecule has 0 saturated carbocycles. The van der Waals surface area contributed by atoms with Gasteiger partial charge < -0.3 is 4.57 Å². The number of hydrogen-bond acceptors (Lipinski definition) is 2. The van der Waals surface area contributed by atoms with Gasteiger partial charge in [0.25, 0.3) is 5.56 Å². The zero-order valence-electron chi connectivity index (χ0n) is 14.9. The number of halogens is 3. The summed E-state index contributed by atoms with van der Waals surface area (Å²) in [6, 6.07) is 17.0. The summed E-state index contributed by atoms with van der Waals surface area (Å²) in [7, 11) is 1.67. The molecule has 0 saturated heterocycles. The van der Waals surface area contributed by atoms with Crippen LogP contribution < -0.4 is 5.56 Å². The highest BCUT2D eigenvalue weighted by Gasteiger charge is 2.17. The van der Waals surface area contributed by atoms with Crippen LogP contribution in [0.15, 0.2) is 71.7 Å². The van der Waals surface area contributed by atoms with Crippen molar-refractivity contribution in [2.75, 3.05) is 0 Å². The molecule has 2 heterocycles. The van der Waals surface area contributed by atoms with E-state index in [0.29, 0.717) is 26.7 Å².